The van der Waals surface area contributed by atoms with Gasteiger partial charge in [0.05, 0.1) is 7.11 Å². The van der Waals surface area contributed by atoms with Crippen LogP contribution in [0.15, 0.2) is 71.6 Å². The zero-order valence-electron chi connectivity index (χ0n) is 17.4. The number of methoxy groups -OCH3 is 1. The molecule has 0 aliphatic carbocycles. The van der Waals surface area contributed by atoms with Crippen LogP contribution in [0, 0.1) is 12.7 Å². The molecule has 0 radical (unpaired) electrons. The summed E-state index contributed by atoms with van der Waals surface area (Å²) in [5.41, 5.74) is 1.63. The number of ether oxygens (including phenoxy) is 1. The van der Waals surface area contributed by atoms with Crippen LogP contribution in [-0.4, -0.2) is 27.5 Å². The van der Waals surface area contributed by atoms with E-state index in [1.165, 1.54) is 43.5 Å². The van der Waals surface area contributed by atoms with Gasteiger partial charge in [-0.25, -0.2) is 12.8 Å². The third-order valence-corrected chi connectivity index (χ3v) is 6.50. The molecular formula is C23H22ClFN2O4S. The van der Waals surface area contributed by atoms with Crippen molar-refractivity contribution in [2.24, 2.45) is 0 Å². The number of aryl methyl sites for hydroxylation is 1. The quantitative estimate of drug-likeness (QED) is 0.507. The standard InChI is InChI=1S/C23H22ClFN2O4S/c1-15-8-10-18(25)14-19(15)26-23(28)20(12-16-6-4-3-5-7-16)27-32(29,30)22-13-17(24)9-11-21(22)31-2/h3-11,13-14,20,27H,12H2,1-2H3,(H,26,28)/t20-/m1/s1. The van der Waals surface area contributed by atoms with Gasteiger partial charge in [0.2, 0.25) is 15.9 Å². The molecule has 0 heterocycles. The minimum absolute atomic E-state index is 0.0726. The second-order valence-corrected chi connectivity index (χ2v) is 9.23. The molecule has 0 bridgehead atoms. The second kappa shape index (κ2) is 10.1. The van der Waals surface area contributed by atoms with Crippen LogP contribution in [0.1, 0.15) is 11.1 Å². The summed E-state index contributed by atoms with van der Waals surface area (Å²) in [6, 6.07) is 15.9. The number of nitrogens with one attached hydrogen (secondary N) is 2. The molecular weight excluding hydrogens is 455 g/mol. The van der Waals surface area contributed by atoms with Gasteiger partial charge in [-0.1, -0.05) is 48.0 Å². The summed E-state index contributed by atoms with van der Waals surface area (Å²) in [7, 11) is -2.86. The minimum atomic E-state index is -4.19. The van der Waals surface area contributed by atoms with Crippen molar-refractivity contribution >= 4 is 33.2 Å². The molecule has 0 saturated heterocycles. The molecule has 0 saturated carbocycles. The Hall–Kier alpha value is -2.94. The Balaban J connectivity index is 1.95. The molecule has 0 spiro atoms. The third-order valence-electron chi connectivity index (χ3n) is 4.77. The maximum atomic E-state index is 13.7. The predicted molar refractivity (Wildman–Crippen MR) is 122 cm³/mol. The highest BCUT2D eigenvalue weighted by Gasteiger charge is 2.29. The summed E-state index contributed by atoms with van der Waals surface area (Å²) >= 11 is 5.99. The highest BCUT2D eigenvalue weighted by atomic mass is 35.5. The first-order chi connectivity index (χ1) is 15.2. The van der Waals surface area contributed by atoms with Gasteiger partial charge in [0.1, 0.15) is 22.5 Å². The Kier molecular flexibility index (Phi) is 7.50. The topological polar surface area (TPSA) is 84.5 Å². The second-order valence-electron chi connectivity index (χ2n) is 7.11. The van der Waals surface area contributed by atoms with E-state index in [1.54, 1.807) is 31.2 Å². The van der Waals surface area contributed by atoms with Crippen LogP contribution in [0.3, 0.4) is 0 Å². The number of carbonyl (C=O) groups excluding carboxylic acids is 1. The first kappa shape index (κ1) is 23.7. The first-order valence-electron chi connectivity index (χ1n) is 9.66. The van der Waals surface area contributed by atoms with E-state index >= 15 is 0 Å². The Bertz CT molecular complexity index is 1220. The van der Waals surface area contributed by atoms with Crippen molar-refractivity contribution in [2.75, 3.05) is 12.4 Å². The van der Waals surface area contributed by atoms with Crippen LogP contribution in [0.2, 0.25) is 5.02 Å². The average molecular weight is 477 g/mol. The van der Waals surface area contributed by atoms with E-state index in [-0.39, 0.29) is 27.8 Å². The van der Waals surface area contributed by atoms with E-state index in [2.05, 4.69) is 10.0 Å². The Morgan fingerprint density at radius 2 is 1.81 bits per heavy atom. The van der Waals surface area contributed by atoms with Gasteiger partial charge < -0.3 is 10.1 Å². The first-order valence-corrected chi connectivity index (χ1v) is 11.5. The third kappa shape index (κ3) is 5.85. The minimum Gasteiger partial charge on any atom is -0.495 e. The summed E-state index contributed by atoms with van der Waals surface area (Å²) in [5, 5.41) is 2.82. The highest BCUT2D eigenvalue weighted by molar-refractivity contribution is 7.89. The number of anilines is 1. The van der Waals surface area contributed by atoms with E-state index in [0.29, 0.717) is 5.56 Å². The van der Waals surface area contributed by atoms with Gasteiger partial charge in [-0.05, 0) is 54.8 Å². The number of halogens is 2. The van der Waals surface area contributed by atoms with Gasteiger partial charge in [-0.2, -0.15) is 4.72 Å². The number of rotatable bonds is 8. The normalized spacial score (nSPS) is 12.2. The van der Waals surface area contributed by atoms with E-state index in [1.807, 2.05) is 6.07 Å². The van der Waals surface area contributed by atoms with Gasteiger partial charge in [-0.3, -0.25) is 4.79 Å². The lowest BCUT2D eigenvalue weighted by molar-refractivity contribution is -0.117. The molecule has 32 heavy (non-hydrogen) atoms. The van der Waals surface area contributed by atoms with Gasteiger partial charge in [-0.15, -0.1) is 0 Å². The smallest absolute Gasteiger partial charge is 0.245 e. The lowest BCUT2D eigenvalue weighted by atomic mass is 10.1. The fourth-order valence-electron chi connectivity index (χ4n) is 3.10. The number of amides is 1. The molecule has 168 valence electrons. The van der Waals surface area contributed by atoms with Gasteiger partial charge >= 0.3 is 0 Å². The molecule has 3 aromatic rings. The monoisotopic (exact) mass is 476 g/mol. The van der Waals surface area contributed by atoms with Crippen molar-refractivity contribution in [3.05, 3.63) is 88.7 Å². The number of hydrogen-bond acceptors (Lipinski definition) is 4. The molecule has 6 nitrogen and oxygen atoms in total. The molecule has 0 unspecified atom stereocenters. The molecule has 0 aromatic heterocycles. The molecule has 3 rings (SSSR count). The molecule has 1 atom stereocenters. The van der Waals surface area contributed by atoms with Crippen LogP contribution >= 0.6 is 11.6 Å². The van der Waals surface area contributed by atoms with Crippen molar-refractivity contribution in [3.8, 4) is 5.75 Å². The zero-order chi connectivity index (χ0) is 23.3. The maximum absolute atomic E-state index is 13.7. The molecule has 0 aliphatic heterocycles. The SMILES string of the molecule is COc1ccc(Cl)cc1S(=O)(=O)N[C@H](Cc1ccccc1)C(=O)Nc1cc(F)ccc1C. The Labute approximate surface area is 191 Å². The van der Waals surface area contributed by atoms with E-state index in [4.69, 9.17) is 16.3 Å². The van der Waals surface area contributed by atoms with Crippen molar-refractivity contribution < 1.29 is 22.3 Å². The fourth-order valence-corrected chi connectivity index (χ4v) is 4.72. The van der Waals surface area contributed by atoms with Crippen LogP contribution < -0.4 is 14.8 Å². The van der Waals surface area contributed by atoms with Crippen molar-refractivity contribution in [1.82, 2.24) is 4.72 Å². The molecule has 2 N–H and O–H groups in total. The van der Waals surface area contributed by atoms with Crippen LogP contribution in [-0.2, 0) is 21.2 Å². The molecule has 9 heteroatoms. The van der Waals surface area contributed by atoms with Crippen molar-refractivity contribution in [3.63, 3.8) is 0 Å². The van der Waals surface area contributed by atoms with Crippen LogP contribution in [0.25, 0.3) is 0 Å². The summed E-state index contributed by atoms with van der Waals surface area (Å²) in [4.78, 5) is 12.9. The highest BCUT2D eigenvalue weighted by Crippen LogP contribution is 2.27. The summed E-state index contributed by atoms with van der Waals surface area (Å²) < 4.78 is 47.6. The van der Waals surface area contributed by atoms with E-state index in [0.717, 1.165) is 5.56 Å². The largest absolute Gasteiger partial charge is 0.495 e. The number of carbonyl (C=O) groups is 1. The number of sulfonamides is 1. The number of benzene rings is 3. The molecule has 1 amide bonds. The zero-order valence-corrected chi connectivity index (χ0v) is 19.0. The van der Waals surface area contributed by atoms with Crippen molar-refractivity contribution in [2.45, 2.75) is 24.3 Å². The summed E-state index contributed by atoms with van der Waals surface area (Å²) in [5.74, 6) is -1.07. The predicted octanol–water partition coefficient (Wildman–Crippen LogP) is 4.32. The van der Waals surface area contributed by atoms with E-state index in [9.17, 15) is 17.6 Å². The lowest BCUT2D eigenvalue weighted by Crippen LogP contribution is -2.45. The molecule has 0 fully saturated rings. The van der Waals surface area contributed by atoms with Gasteiger partial charge in [0.25, 0.3) is 0 Å². The molecule has 3 aromatic carbocycles. The maximum Gasteiger partial charge on any atom is 0.245 e. The fraction of sp³-hybridized carbons (Fsp3) is 0.174. The van der Waals surface area contributed by atoms with Crippen LogP contribution in [0.4, 0.5) is 10.1 Å². The number of hydrogen-bond donors (Lipinski definition) is 2. The van der Waals surface area contributed by atoms with E-state index < -0.39 is 27.8 Å². The molecule has 0 aliphatic rings. The van der Waals surface area contributed by atoms with Gasteiger partial charge in [0, 0.05) is 10.7 Å². The lowest BCUT2D eigenvalue weighted by Gasteiger charge is -2.20. The van der Waals surface area contributed by atoms with Gasteiger partial charge in [0.15, 0.2) is 0 Å². The Morgan fingerprint density at radius 3 is 2.50 bits per heavy atom. The van der Waals surface area contributed by atoms with Crippen LogP contribution in [0.5, 0.6) is 5.75 Å². The van der Waals surface area contributed by atoms with Crippen molar-refractivity contribution in [1.29, 1.82) is 0 Å². The summed E-state index contributed by atoms with van der Waals surface area (Å²) in [6.07, 6.45) is 0.0726. The average Bonchev–Trinajstić information content (AvgIpc) is 2.76. The summed E-state index contributed by atoms with van der Waals surface area (Å²) in [6.45, 7) is 1.71. The Morgan fingerprint density at radius 1 is 1.09 bits per heavy atom.